The number of hydrogen-bond donors (Lipinski definition) is 2. The summed E-state index contributed by atoms with van der Waals surface area (Å²) < 4.78 is 5.46. The van der Waals surface area contributed by atoms with Crippen molar-refractivity contribution in [3.8, 4) is 5.75 Å². The summed E-state index contributed by atoms with van der Waals surface area (Å²) in [4.78, 5) is 9.12. The summed E-state index contributed by atoms with van der Waals surface area (Å²) >= 11 is 5.91. The molecule has 0 atom stereocenters. The van der Waals surface area contributed by atoms with Crippen molar-refractivity contribution >= 4 is 41.5 Å². The van der Waals surface area contributed by atoms with Gasteiger partial charge in [0.1, 0.15) is 5.75 Å². The Morgan fingerprint density at radius 2 is 1.88 bits per heavy atom. The monoisotopic (exact) mass is 488 g/mol. The lowest BCUT2D eigenvalue weighted by molar-refractivity contribution is 0.406. The van der Waals surface area contributed by atoms with Crippen LogP contribution < -0.4 is 15.4 Å². The summed E-state index contributed by atoms with van der Waals surface area (Å²) in [6, 6.07) is 7.70. The highest BCUT2D eigenvalue weighted by atomic mass is 127. The maximum absolute atomic E-state index is 5.91. The molecular formula is C19H26ClIN4O. The molecule has 1 aromatic carbocycles. The van der Waals surface area contributed by atoms with Crippen LogP contribution in [0.3, 0.4) is 0 Å². The third-order valence-corrected chi connectivity index (χ3v) is 4.10. The zero-order chi connectivity index (χ0) is 18.2. The molecule has 2 rings (SSSR count). The normalized spacial score (nSPS) is 10.9. The van der Waals surface area contributed by atoms with Crippen molar-refractivity contribution in [1.29, 1.82) is 0 Å². The van der Waals surface area contributed by atoms with Crippen LogP contribution in [-0.4, -0.2) is 24.6 Å². The minimum Gasteiger partial charge on any atom is -0.496 e. The van der Waals surface area contributed by atoms with Gasteiger partial charge in [0.2, 0.25) is 0 Å². The standard InChI is InChI=1S/C19H25ClN4O.HI/c1-5-21-19(23-11-15-6-8-16(20)9-7-15)24-12-17-14(3)18(25-4)13(2)10-22-17;/h6-10H,5,11-12H2,1-4H3,(H2,21,23,24);1H. The predicted octanol–water partition coefficient (Wildman–Crippen LogP) is 4.23. The molecule has 0 aliphatic heterocycles. The van der Waals surface area contributed by atoms with Crippen molar-refractivity contribution in [3.63, 3.8) is 0 Å². The fraction of sp³-hybridized carbons (Fsp3) is 0.368. The molecule has 0 amide bonds. The van der Waals surface area contributed by atoms with Crippen molar-refractivity contribution in [2.45, 2.75) is 33.9 Å². The van der Waals surface area contributed by atoms with Gasteiger partial charge in [-0.3, -0.25) is 4.98 Å². The lowest BCUT2D eigenvalue weighted by Crippen LogP contribution is -2.37. The summed E-state index contributed by atoms with van der Waals surface area (Å²) in [6.45, 7) is 8.00. The van der Waals surface area contributed by atoms with Gasteiger partial charge in [-0.2, -0.15) is 0 Å². The van der Waals surface area contributed by atoms with E-state index in [1.165, 1.54) is 0 Å². The molecule has 5 nitrogen and oxygen atoms in total. The molecule has 0 saturated carbocycles. The number of hydrogen-bond acceptors (Lipinski definition) is 3. The van der Waals surface area contributed by atoms with E-state index < -0.39 is 0 Å². The number of nitrogens with zero attached hydrogens (tertiary/aromatic N) is 2. The van der Waals surface area contributed by atoms with Crippen molar-refractivity contribution in [2.75, 3.05) is 13.7 Å². The van der Waals surface area contributed by atoms with Crippen LogP contribution in [0.1, 0.15) is 29.3 Å². The molecule has 1 heterocycles. The van der Waals surface area contributed by atoms with Gasteiger partial charge in [0.15, 0.2) is 5.96 Å². The highest BCUT2D eigenvalue weighted by Gasteiger charge is 2.09. The first-order valence-electron chi connectivity index (χ1n) is 8.30. The minimum absolute atomic E-state index is 0. The average Bonchev–Trinajstić information content (AvgIpc) is 2.60. The van der Waals surface area contributed by atoms with Crippen molar-refractivity contribution in [3.05, 3.63) is 57.9 Å². The van der Waals surface area contributed by atoms with Gasteiger partial charge in [-0.25, -0.2) is 4.99 Å². The largest absolute Gasteiger partial charge is 0.496 e. The molecule has 26 heavy (non-hydrogen) atoms. The first-order valence-corrected chi connectivity index (χ1v) is 8.68. The number of aliphatic imine (C=N–C) groups is 1. The Labute approximate surface area is 177 Å². The number of nitrogens with one attached hydrogen (secondary N) is 2. The summed E-state index contributed by atoms with van der Waals surface area (Å²) in [5, 5.41) is 7.30. The second-order valence-electron chi connectivity index (χ2n) is 5.72. The van der Waals surface area contributed by atoms with E-state index in [0.29, 0.717) is 13.1 Å². The second kappa shape index (κ2) is 11.2. The van der Waals surface area contributed by atoms with Crippen LogP contribution in [0.15, 0.2) is 35.5 Å². The van der Waals surface area contributed by atoms with Gasteiger partial charge in [0.25, 0.3) is 0 Å². The fourth-order valence-corrected chi connectivity index (χ4v) is 2.64. The number of halogens is 2. The number of benzene rings is 1. The van der Waals surface area contributed by atoms with Crippen LogP contribution in [0.4, 0.5) is 0 Å². The molecule has 142 valence electrons. The van der Waals surface area contributed by atoms with Crippen molar-refractivity contribution in [2.24, 2.45) is 4.99 Å². The van der Waals surface area contributed by atoms with E-state index in [4.69, 9.17) is 16.3 Å². The quantitative estimate of drug-likeness (QED) is 0.363. The molecule has 2 N–H and O–H groups in total. The smallest absolute Gasteiger partial charge is 0.191 e. The van der Waals surface area contributed by atoms with Gasteiger partial charge >= 0.3 is 0 Å². The Morgan fingerprint density at radius 3 is 2.50 bits per heavy atom. The summed E-state index contributed by atoms with van der Waals surface area (Å²) in [6.07, 6.45) is 1.83. The van der Waals surface area contributed by atoms with Gasteiger partial charge in [-0.05, 0) is 38.5 Å². The maximum Gasteiger partial charge on any atom is 0.191 e. The molecule has 0 saturated heterocycles. The Balaban J connectivity index is 0.00000338. The molecular weight excluding hydrogens is 463 g/mol. The summed E-state index contributed by atoms with van der Waals surface area (Å²) in [5.74, 6) is 1.63. The van der Waals surface area contributed by atoms with Gasteiger partial charge in [0, 0.05) is 28.9 Å². The zero-order valence-corrected chi connectivity index (χ0v) is 18.7. The highest BCUT2D eigenvalue weighted by molar-refractivity contribution is 14.0. The average molecular weight is 489 g/mol. The second-order valence-corrected chi connectivity index (χ2v) is 6.16. The molecule has 2 aromatic rings. The Hall–Kier alpha value is -1.54. The Kier molecular flexibility index (Phi) is 9.72. The number of aromatic nitrogens is 1. The van der Waals surface area contributed by atoms with Crippen molar-refractivity contribution < 1.29 is 4.74 Å². The van der Waals surface area contributed by atoms with E-state index in [0.717, 1.165) is 45.7 Å². The minimum atomic E-state index is 0. The molecule has 0 bridgehead atoms. The lowest BCUT2D eigenvalue weighted by Gasteiger charge is -2.15. The van der Waals surface area contributed by atoms with Gasteiger partial charge < -0.3 is 15.4 Å². The third kappa shape index (κ3) is 6.32. The Bertz CT molecular complexity index is 735. The Morgan fingerprint density at radius 1 is 1.19 bits per heavy atom. The highest BCUT2D eigenvalue weighted by Crippen LogP contribution is 2.23. The number of pyridine rings is 1. The molecule has 0 spiro atoms. The third-order valence-electron chi connectivity index (χ3n) is 3.85. The molecule has 0 aliphatic rings. The molecule has 7 heteroatoms. The van der Waals surface area contributed by atoms with Crippen LogP contribution in [0.25, 0.3) is 0 Å². The van der Waals surface area contributed by atoms with E-state index >= 15 is 0 Å². The number of methoxy groups -OCH3 is 1. The maximum atomic E-state index is 5.91. The summed E-state index contributed by atoms with van der Waals surface area (Å²) in [7, 11) is 1.68. The van der Waals surface area contributed by atoms with Crippen LogP contribution in [0.2, 0.25) is 5.02 Å². The molecule has 0 radical (unpaired) electrons. The first-order chi connectivity index (χ1) is 12.0. The van der Waals surface area contributed by atoms with Crippen molar-refractivity contribution in [1.82, 2.24) is 15.6 Å². The van der Waals surface area contributed by atoms with Gasteiger partial charge in [-0.15, -0.1) is 24.0 Å². The van der Waals surface area contributed by atoms with E-state index in [1.807, 2.05) is 51.2 Å². The number of ether oxygens (including phenoxy) is 1. The predicted molar refractivity (Wildman–Crippen MR) is 119 cm³/mol. The van der Waals surface area contributed by atoms with Gasteiger partial charge in [0.05, 0.1) is 25.9 Å². The topological polar surface area (TPSA) is 58.5 Å². The number of aryl methyl sites for hydroxylation is 1. The van der Waals surface area contributed by atoms with E-state index in [9.17, 15) is 0 Å². The first kappa shape index (κ1) is 22.5. The van der Waals surface area contributed by atoms with Crippen LogP contribution in [-0.2, 0) is 13.1 Å². The van der Waals surface area contributed by atoms with Gasteiger partial charge in [-0.1, -0.05) is 23.7 Å². The van der Waals surface area contributed by atoms with E-state index in [-0.39, 0.29) is 24.0 Å². The van der Waals surface area contributed by atoms with E-state index in [2.05, 4.69) is 20.6 Å². The molecule has 0 fully saturated rings. The molecule has 0 aliphatic carbocycles. The van der Waals surface area contributed by atoms with Crippen LogP contribution in [0.5, 0.6) is 5.75 Å². The zero-order valence-electron chi connectivity index (χ0n) is 15.6. The van der Waals surface area contributed by atoms with Crippen LogP contribution >= 0.6 is 35.6 Å². The van der Waals surface area contributed by atoms with Crippen LogP contribution in [0, 0.1) is 13.8 Å². The molecule has 1 aromatic heterocycles. The van der Waals surface area contributed by atoms with E-state index in [1.54, 1.807) is 7.11 Å². The lowest BCUT2D eigenvalue weighted by atomic mass is 10.1. The number of rotatable bonds is 6. The summed E-state index contributed by atoms with van der Waals surface area (Å²) in [5.41, 5.74) is 4.13. The SMILES string of the molecule is CCNC(=NCc1ccc(Cl)cc1)NCc1ncc(C)c(OC)c1C.I. The fourth-order valence-electron chi connectivity index (χ4n) is 2.52. The molecule has 0 unspecified atom stereocenters. The number of guanidine groups is 1.